The van der Waals surface area contributed by atoms with Crippen LogP contribution in [-0.2, 0) is 21.4 Å². The van der Waals surface area contributed by atoms with E-state index in [-0.39, 0.29) is 29.4 Å². The molecular weight excluding hydrogens is 381 g/mol. The first-order chi connectivity index (χ1) is 12.4. The molecule has 0 amide bonds. The van der Waals surface area contributed by atoms with Gasteiger partial charge in [0, 0.05) is 16.9 Å². The maximum absolute atomic E-state index is 12.6. The normalized spacial score (nSPS) is 26.7. The molecule has 152 valence electrons. The fourth-order valence-corrected chi connectivity index (χ4v) is 5.34. The predicted octanol–water partition coefficient (Wildman–Crippen LogP) is 5.55. The Morgan fingerprint density at radius 3 is 2.67 bits per heavy atom. The molecule has 0 unspecified atom stereocenters. The molecule has 5 heteroatoms. The van der Waals surface area contributed by atoms with Gasteiger partial charge in [0.1, 0.15) is 5.60 Å². The molecule has 1 aromatic rings. The average Bonchev–Trinajstić information content (AvgIpc) is 2.60. The van der Waals surface area contributed by atoms with Gasteiger partial charge in [-0.2, -0.15) is 0 Å². The van der Waals surface area contributed by atoms with Crippen LogP contribution in [0, 0.1) is 0 Å². The second-order valence-electron chi connectivity index (χ2n) is 8.36. The van der Waals surface area contributed by atoms with Crippen molar-refractivity contribution >= 4 is 30.0 Å². The molecule has 0 spiro atoms. The van der Waals surface area contributed by atoms with Crippen molar-refractivity contribution in [2.75, 3.05) is 20.6 Å². The lowest BCUT2D eigenvalue weighted by atomic mass is 9.53. The molecule has 0 bridgehead atoms. The third kappa shape index (κ3) is 4.31. The molecule has 2 atom stereocenters. The molecule has 2 aliphatic rings. The van der Waals surface area contributed by atoms with Gasteiger partial charge in [-0.05, 0) is 88.8 Å². The molecule has 3 nitrogen and oxygen atoms in total. The zero-order valence-electron chi connectivity index (χ0n) is 16.9. The molecule has 2 aliphatic carbocycles. The molecule has 0 radical (unpaired) electrons. The highest BCUT2D eigenvalue weighted by Gasteiger charge is 2.58. The number of carbonyl (C=O) groups is 1. The fraction of sp³-hybridized carbons (Fsp3) is 0.682. The number of hydrogen-bond donors (Lipinski definition) is 0. The van der Waals surface area contributed by atoms with E-state index in [1.165, 1.54) is 17.5 Å². The monoisotopic (exact) mass is 413 g/mol. The van der Waals surface area contributed by atoms with E-state index in [2.05, 4.69) is 31.1 Å². The summed E-state index contributed by atoms with van der Waals surface area (Å²) in [7, 11) is 4.23. The van der Waals surface area contributed by atoms with Crippen molar-refractivity contribution in [1.29, 1.82) is 0 Å². The van der Waals surface area contributed by atoms with Gasteiger partial charge in [0.05, 0.1) is 0 Å². The Balaban J connectivity index is 0.00000261. The summed E-state index contributed by atoms with van der Waals surface area (Å²) >= 11 is 6.42. The number of carbonyl (C=O) groups excluding carboxylic acids is 1. The SMILES string of the molecule is CCCC(=O)O[C@@]12CCCC[C@]1(CCN(C)C)c1cc(Cl)ccc1CC2.Cl. The van der Waals surface area contributed by atoms with Crippen molar-refractivity contribution in [1.82, 2.24) is 4.90 Å². The van der Waals surface area contributed by atoms with Crippen LogP contribution in [0.1, 0.15) is 69.4 Å². The first kappa shape index (κ1) is 22.5. The van der Waals surface area contributed by atoms with Gasteiger partial charge in [-0.1, -0.05) is 31.0 Å². The molecule has 3 rings (SSSR count). The topological polar surface area (TPSA) is 29.5 Å². The largest absolute Gasteiger partial charge is 0.458 e. The Labute approximate surface area is 175 Å². The van der Waals surface area contributed by atoms with Crippen LogP contribution in [0.25, 0.3) is 0 Å². The van der Waals surface area contributed by atoms with Crippen LogP contribution in [0.15, 0.2) is 18.2 Å². The number of esters is 1. The lowest BCUT2D eigenvalue weighted by Crippen LogP contribution is -2.59. The Hall–Kier alpha value is -0.770. The van der Waals surface area contributed by atoms with Crippen molar-refractivity contribution < 1.29 is 9.53 Å². The second kappa shape index (κ2) is 9.15. The van der Waals surface area contributed by atoms with Crippen LogP contribution >= 0.6 is 24.0 Å². The molecule has 0 aromatic heterocycles. The summed E-state index contributed by atoms with van der Waals surface area (Å²) in [4.78, 5) is 14.8. The van der Waals surface area contributed by atoms with E-state index in [0.717, 1.165) is 56.5 Å². The van der Waals surface area contributed by atoms with E-state index in [0.29, 0.717) is 6.42 Å². The smallest absolute Gasteiger partial charge is 0.306 e. The summed E-state index contributed by atoms with van der Waals surface area (Å²) in [5.74, 6) is -0.0332. The molecule has 1 fully saturated rings. The van der Waals surface area contributed by atoms with Gasteiger partial charge >= 0.3 is 5.97 Å². The van der Waals surface area contributed by atoms with Crippen LogP contribution in [-0.4, -0.2) is 37.1 Å². The van der Waals surface area contributed by atoms with E-state index in [9.17, 15) is 4.79 Å². The fourth-order valence-electron chi connectivity index (χ4n) is 5.17. The van der Waals surface area contributed by atoms with Crippen LogP contribution in [0.2, 0.25) is 5.02 Å². The zero-order valence-corrected chi connectivity index (χ0v) is 18.4. The number of rotatable bonds is 6. The van der Waals surface area contributed by atoms with Crippen molar-refractivity contribution in [3.05, 3.63) is 34.3 Å². The standard InChI is InChI=1S/C22H32ClNO2.ClH/c1-4-7-20(25)26-22-12-6-5-11-21(22,14-15-24(2)3)19-16-18(23)9-8-17(19)10-13-22;/h8-9,16H,4-7,10-15H2,1-3H3;1H/t21-,22+;/m0./s1. The molecule has 0 aliphatic heterocycles. The summed E-state index contributed by atoms with van der Waals surface area (Å²) in [6.07, 6.45) is 8.63. The van der Waals surface area contributed by atoms with Gasteiger partial charge in [0.15, 0.2) is 0 Å². The number of aryl methyl sites for hydroxylation is 1. The van der Waals surface area contributed by atoms with E-state index in [4.69, 9.17) is 16.3 Å². The highest BCUT2D eigenvalue weighted by atomic mass is 35.5. The van der Waals surface area contributed by atoms with Gasteiger partial charge < -0.3 is 9.64 Å². The Kier molecular flexibility index (Phi) is 7.63. The van der Waals surface area contributed by atoms with E-state index in [1.54, 1.807) is 0 Å². The summed E-state index contributed by atoms with van der Waals surface area (Å²) < 4.78 is 6.36. The van der Waals surface area contributed by atoms with Gasteiger partial charge in [-0.25, -0.2) is 0 Å². The van der Waals surface area contributed by atoms with Gasteiger partial charge in [0.25, 0.3) is 0 Å². The molecule has 0 heterocycles. The first-order valence-corrected chi connectivity index (χ1v) is 10.5. The number of ether oxygens (including phenoxy) is 1. The minimum absolute atomic E-state index is 0. The van der Waals surface area contributed by atoms with Crippen LogP contribution in [0.5, 0.6) is 0 Å². The quantitative estimate of drug-likeness (QED) is 0.572. The third-order valence-electron chi connectivity index (χ3n) is 6.44. The molecule has 1 aromatic carbocycles. The Morgan fingerprint density at radius 1 is 1.22 bits per heavy atom. The van der Waals surface area contributed by atoms with Crippen LogP contribution in [0.3, 0.4) is 0 Å². The predicted molar refractivity (Wildman–Crippen MR) is 114 cm³/mol. The summed E-state index contributed by atoms with van der Waals surface area (Å²) in [5.41, 5.74) is 2.24. The van der Waals surface area contributed by atoms with E-state index < -0.39 is 0 Å². The third-order valence-corrected chi connectivity index (χ3v) is 6.68. The summed E-state index contributed by atoms with van der Waals surface area (Å²) in [6, 6.07) is 6.33. The molecule has 1 saturated carbocycles. The highest BCUT2D eigenvalue weighted by molar-refractivity contribution is 6.30. The lowest BCUT2D eigenvalue weighted by Gasteiger charge is -2.56. The van der Waals surface area contributed by atoms with Gasteiger partial charge in [0.2, 0.25) is 0 Å². The minimum Gasteiger partial charge on any atom is -0.458 e. The average molecular weight is 414 g/mol. The van der Waals surface area contributed by atoms with Crippen LogP contribution in [0.4, 0.5) is 0 Å². The highest BCUT2D eigenvalue weighted by Crippen LogP contribution is 2.57. The van der Waals surface area contributed by atoms with Crippen molar-refractivity contribution in [2.45, 2.75) is 75.7 Å². The maximum atomic E-state index is 12.6. The van der Waals surface area contributed by atoms with Crippen molar-refractivity contribution in [3.8, 4) is 0 Å². The van der Waals surface area contributed by atoms with E-state index in [1.807, 2.05) is 13.0 Å². The second-order valence-corrected chi connectivity index (χ2v) is 8.80. The molecular formula is C22H33Cl2NO2. The Bertz CT molecular complexity index is 664. The van der Waals surface area contributed by atoms with E-state index >= 15 is 0 Å². The zero-order chi connectivity index (χ0) is 18.8. The minimum atomic E-state index is -0.370. The number of halogens is 2. The molecule has 0 N–H and O–H groups in total. The lowest BCUT2D eigenvalue weighted by molar-refractivity contribution is -0.179. The summed E-state index contributed by atoms with van der Waals surface area (Å²) in [5, 5.41) is 0.786. The Morgan fingerprint density at radius 2 is 1.96 bits per heavy atom. The van der Waals surface area contributed by atoms with Crippen molar-refractivity contribution in [3.63, 3.8) is 0 Å². The number of nitrogens with zero attached hydrogens (tertiary/aromatic N) is 1. The summed E-state index contributed by atoms with van der Waals surface area (Å²) in [6.45, 7) is 3.02. The van der Waals surface area contributed by atoms with Crippen LogP contribution < -0.4 is 0 Å². The van der Waals surface area contributed by atoms with Crippen molar-refractivity contribution in [2.24, 2.45) is 0 Å². The maximum Gasteiger partial charge on any atom is 0.306 e. The number of hydrogen-bond acceptors (Lipinski definition) is 3. The van der Waals surface area contributed by atoms with Gasteiger partial charge in [-0.15, -0.1) is 12.4 Å². The number of fused-ring (bicyclic) bond motifs is 3. The first-order valence-electron chi connectivity index (χ1n) is 10.1. The van der Waals surface area contributed by atoms with Gasteiger partial charge in [-0.3, -0.25) is 4.79 Å². The molecule has 0 saturated heterocycles. The molecule has 27 heavy (non-hydrogen) atoms. The number of benzene rings is 1.